The van der Waals surface area contributed by atoms with Crippen molar-refractivity contribution in [3.8, 4) is 10.6 Å². The summed E-state index contributed by atoms with van der Waals surface area (Å²) in [4.78, 5) is 6.29. The summed E-state index contributed by atoms with van der Waals surface area (Å²) in [6, 6.07) is 6.51. The fourth-order valence-corrected chi connectivity index (χ4v) is 3.81. The monoisotopic (exact) mass is 384 g/mol. The molecule has 0 radical (unpaired) electrons. The Hall–Kier alpha value is -0.420. The van der Waals surface area contributed by atoms with Crippen LogP contribution in [0.5, 0.6) is 0 Å². The zero-order chi connectivity index (χ0) is 15.0. The van der Waals surface area contributed by atoms with E-state index < -0.39 is 0 Å². The van der Waals surface area contributed by atoms with Gasteiger partial charge < -0.3 is 5.32 Å². The van der Waals surface area contributed by atoms with Crippen LogP contribution in [-0.2, 0) is 6.54 Å². The smallest absolute Gasteiger partial charge is 0.123 e. The second-order valence-corrected chi connectivity index (χ2v) is 8.11. The second-order valence-electron chi connectivity index (χ2n) is 5.77. The lowest BCUT2D eigenvalue weighted by molar-refractivity contribution is 0.590. The normalized spacial score (nSPS) is 14.9. The van der Waals surface area contributed by atoms with E-state index in [-0.39, 0.29) is 0 Å². The number of thiazole rings is 1. The molecule has 2 nitrogen and oxygen atoms in total. The Bertz CT molecular complexity index is 650. The number of hydrogen-bond acceptors (Lipinski definition) is 3. The van der Waals surface area contributed by atoms with E-state index in [1.165, 1.54) is 23.4 Å². The van der Waals surface area contributed by atoms with E-state index in [9.17, 15) is 0 Å². The zero-order valence-electron chi connectivity index (χ0n) is 12.1. The van der Waals surface area contributed by atoms with E-state index in [4.69, 9.17) is 16.6 Å². The first kappa shape index (κ1) is 15.5. The molecule has 0 atom stereocenters. The molecule has 0 unspecified atom stereocenters. The van der Waals surface area contributed by atoms with Gasteiger partial charge in [0.1, 0.15) is 5.01 Å². The number of nitrogens with zero attached hydrogens (tertiary/aromatic N) is 1. The maximum absolute atomic E-state index is 6.08. The van der Waals surface area contributed by atoms with Gasteiger partial charge in [-0.3, -0.25) is 0 Å². The Morgan fingerprint density at radius 2 is 2.19 bits per heavy atom. The lowest BCUT2D eigenvalue weighted by Gasteiger charge is -2.07. The largest absolute Gasteiger partial charge is 0.310 e. The molecule has 0 spiro atoms. The topological polar surface area (TPSA) is 24.9 Å². The van der Waals surface area contributed by atoms with Crippen molar-refractivity contribution in [1.29, 1.82) is 0 Å². The average molecular weight is 386 g/mol. The molecule has 1 aliphatic rings. The summed E-state index contributed by atoms with van der Waals surface area (Å²) in [5.41, 5.74) is 2.43. The van der Waals surface area contributed by atoms with E-state index >= 15 is 0 Å². The van der Waals surface area contributed by atoms with E-state index in [0.717, 1.165) is 26.6 Å². The van der Waals surface area contributed by atoms with Crippen molar-refractivity contribution < 1.29 is 0 Å². The van der Waals surface area contributed by atoms with Crippen LogP contribution in [0, 0.1) is 0 Å². The van der Waals surface area contributed by atoms with Crippen molar-refractivity contribution in [2.45, 2.75) is 45.2 Å². The van der Waals surface area contributed by atoms with Crippen LogP contribution in [0.4, 0.5) is 0 Å². The predicted molar refractivity (Wildman–Crippen MR) is 94.2 cm³/mol. The van der Waals surface area contributed by atoms with Crippen molar-refractivity contribution in [2.75, 3.05) is 0 Å². The summed E-state index contributed by atoms with van der Waals surface area (Å²) in [5, 5.41) is 5.34. The molecule has 1 fully saturated rings. The van der Waals surface area contributed by atoms with Crippen LogP contribution in [0.2, 0.25) is 5.02 Å². The zero-order valence-corrected chi connectivity index (χ0v) is 15.3. The first-order valence-electron chi connectivity index (χ1n) is 7.23. The van der Waals surface area contributed by atoms with Crippen LogP contribution < -0.4 is 5.32 Å². The molecule has 0 bridgehead atoms. The second kappa shape index (κ2) is 6.37. The highest BCUT2D eigenvalue weighted by molar-refractivity contribution is 9.10. The molecule has 1 saturated carbocycles. The third-order valence-electron chi connectivity index (χ3n) is 3.53. The Morgan fingerprint density at radius 1 is 1.43 bits per heavy atom. The van der Waals surface area contributed by atoms with Crippen molar-refractivity contribution in [3.05, 3.63) is 38.3 Å². The Kier molecular flexibility index (Phi) is 4.69. The fraction of sp³-hybridized carbons (Fsp3) is 0.438. The number of nitrogens with one attached hydrogen (secondary N) is 1. The van der Waals surface area contributed by atoms with Gasteiger partial charge in [-0.25, -0.2) is 4.98 Å². The molecule has 21 heavy (non-hydrogen) atoms. The molecular weight excluding hydrogens is 368 g/mol. The number of aromatic nitrogens is 1. The quantitative estimate of drug-likeness (QED) is 0.724. The van der Waals surface area contributed by atoms with Gasteiger partial charge in [0.25, 0.3) is 0 Å². The minimum atomic E-state index is 0.493. The Balaban J connectivity index is 1.91. The molecule has 1 N–H and O–H groups in total. The van der Waals surface area contributed by atoms with Gasteiger partial charge in [0.05, 0.1) is 10.7 Å². The summed E-state index contributed by atoms with van der Waals surface area (Å²) in [5.74, 6) is 0.676. The minimum Gasteiger partial charge on any atom is -0.310 e. The van der Waals surface area contributed by atoms with Crippen molar-refractivity contribution >= 4 is 38.9 Å². The van der Waals surface area contributed by atoms with E-state index in [1.54, 1.807) is 11.3 Å². The average Bonchev–Trinajstić information content (AvgIpc) is 3.20. The lowest BCUT2D eigenvalue weighted by atomic mass is 10.2. The number of hydrogen-bond donors (Lipinski definition) is 1. The first-order valence-corrected chi connectivity index (χ1v) is 9.21. The van der Waals surface area contributed by atoms with Gasteiger partial charge in [-0.2, -0.15) is 0 Å². The summed E-state index contributed by atoms with van der Waals surface area (Å²) >= 11 is 11.4. The third-order valence-corrected chi connectivity index (χ3v) is 5.86. The van der Waals surface area contributed by atoms with Crippen LogP contribution in [0.15, 0.2) is 22.7 Å². The molecule has 3 rings (SSSR count). The molecule has 2 aromatic rings. The maximum Gasteiger partial charge on any atom is 0.123 e. The van der Waals surface area contributed by atoms with Crippen molar-refractivity contribution in [2.24, 2.45) is 0 Å². The summed E-state index contributed by atoms with van der Waals surface area (Å²) < 4.78 is 0.923. The van der Waals surface area contributed by atoms with Gasteiger partial charge in [0.2, 0.25) is 0 Å². The first-order chi connectivity index (χ1) is 10.0. The van der Waals surface area contributed by atoms with Crippen molar-refractivity contribution in [3.63, 3.8) is 0 Å². The predicted octanol–water partition coefficient (Wildman–Crippen LogP) is 5.60. The van der Waals surface area contributed by atoms with Gasteiger partial charge in [0, 0.05) is 33.4 Å². The number of halogens is 2. The van der Waals surface area contributed by atoms with E-state index in [1.807, 2.05) is 12.1 Å². The lowest BCUT2D eigenvalue weighted by Crippen LogP contribution is -2.21. The van der Waals surface area contributed by atoms with Gasteiger partial charge >= 0.3 is 0 Å². The molecule has 0 saturated heterocycles. The SMILES string of the molecule is CC(C)NCc1sc(-c2ccc(Cl)c(Br)c2)nc1C1CC1. The van der Waals surface area contributed by atoms with Crippen LogP contribution in [0.1, 0.15) is 43.2 Å². The van der Waals surface area contributed by atoms with Gasteiger partial charge in [-0.05, 0) is 40.9 Å². The van der Waals surface area contributed by atoms with Crippen molar-refractivity contribution in [1.82, 2.24) is 10.3 Å². The van der Waals surface area contributed by atoms with Crippen LogP contribution in [-0.4, -0.2) is 11.0 Å². The molecule has 1 aromatic heterocycles. The molecule has 0 aliphatic heterocycles. The molecule has 1 aromatic carbocycles. The summed E-state index contributed by atoms with van der Waals surface area (Å²) in [7, 11) is 0. The van der Waals surface area contributed by atoms with Crippen LogP contribution in [0.25, 0.3) is 10.6 Å². The summed E-state index contributed by atoms with van der Waals surface area (Å²) in [6.45, 7) is 5.26. The van der Waals surface area contributed by atoms with Gasteiger partial charge in [-0.1, -0.05) is 31.5 Å². The maximum atomic E-state index is 6.08. The Labute approximate surface area is 143 Å². The van der Waals surface area contributed by atoms with Crippen LogP contribution >= 0.6 is 38.9 Å². The molecule has 112 valence electrons. The summed E-state index contributed by atoms with van der Waals surface area (Å²) in [6.07, 6.45) is 2.56. The van der Waals surface area contributed by atoms with Gasteiger partial charge in [-0.15, -0.1) is 11.3 Å². The standard InChI is InChI=1S/C16H18BrClN2S/c1-9(2)19-8-14-15(10-3-4-10)20-16(21-14)11-5-6-13(18)12(17)7-11/h5-7,9-10,19H,3-4,8H2,1-2H3. The number of rotatable bonds is 5. The van der Waals surface area contributed by atoms with E-state index in [0.29, 0.717) is 12.0 Å². The molecule has 1 heterocycles. The highest BCUT2D eigenvalue weighted by Gasteiger charge is 2.29. The molecular formula is C16H18BrClN2S. The third kappa shape index (κ3) is 3.67. The van der Waals surface area contributed by atoms with Gasteiger partial charge in [0.15, 0.2) is 0 Å². The van der Waals surface area contributed by atoms with E-state index in [2.05, 4.69) is 41.2 Å². The molecule has 5 heteroatoms. The molecule has 0 amide bonds. The fourth-order valence-electron chi connectivity index (χ4n) is 2.22. The highest BCUT2D eigenvalue weighted by Crippen LogP contribution is 2.44. The molecule has 1 aliphatic carbocycles. The number of benzene rings is 1. The highest BCUT2D eigenvalue weighted by atomic mass is 79.9. The Morgan fingerprint density at radius 3 is 2.81 bits per heavy atom. The minimum absolute atomic E-state index is 0.493. The van der Waals surface area contributed by atoms with Crippen LogP contribution in [0.3, 0.4) is 0 Å².